The summed E-state index contributed by atoms with van der Waals surface area (Å²) >= 11 is 11.3. The Balaban J connectivity index is 5.29. The van der Waals surface area contributed by atoms with E-state index in [9.17, 15) is 9.59 Å². The zero-order chi connectivity index (χ0) is 34.1. The van der Waals surface area contributed by atoms with Crippen molar-refractivity contribution in [2.24, 2.45) is 5.92 Å². The first kappa shape index (κ1) is 45.3. The zero-order valence-corrected chi connectivity index (χ0v) is 32.6. The van der Waals surface area contributed by atoms with E-state index >= 15 is 0 Å². The maximum atomic E-state index is 13.4. The molecule has 0 radical (unpaired) electrons. The second-order valence-electron chi connectivity index (χ2n) is 13.6. The first-order valence-corrected chi connectivity index (χ1v) is 20.6. The number of rotatable bonds is 34. The summed E-state index contributed by atoms with van der Waals surface area (Å²) in [5.41, 5.74) is 0. The van der Waals surface area contributed by atoms with Crippen LogP contribution in [0.5, 0.6) is 0 Å². The highest BCUT2D eigenvalue weighted by Gasteiger charge is 2.41. The van der Waals surface area contributed by atoms with Crippen LogP contribution in [-0.2, 0) is 19.1 Å². The van der Waals surface area contributed by atoms with Crippen LogP contribution in [0, 0.1) is 5.92 Å². The Bertz CT molecular complexity index is 709. The number of ether oxygens (including phenoxy) is 2. The molecule has 0 aliphatic carbocycles. The van der Waals surface area contributed by atoms with Gasteiger partial charge in [0.1, 0.15) is 0 Å². The maximum Gasteiger partial charge on any atom is 0.320 e. The van der Waals surface area contributed by atoms with Crippen LogP contribution in [0.15, 0.2) is 0 Å². The lowest BCUT2D eigenvalue weighted by Gasteiger charge is -2.34. The van der Waals surface area contributed by atoms with E-state index in [4.69, 9.17) is 34.5 Å². The quantitative estimate of drug-likeness (QED) is 0.0240. The van der Waals surface area contributed by atoms with Gasteiger partial charge in [-0.2, -0.15) is 0 Å². The number of hydrogen-bond donors (Lipinski definition) is 1. The number of esters is 2. The van der Waals surface area contributed by atoms with Gasteiger partial charge in [0, 0.05) is 0 Å². The first-order valence-electron chi connectivity index (χ1n) is 19.8. The van der Waals surface area contributed by atoms with E-state index in [2.05, 4.69) is 27.7 Å². The molecule has 0 aliphatic rings. The minimum Gasteiger partial charge on any atom is -0.466 e. The Labute approximate surface area is 297 Å². The average molecular weight is 687 g/mol. The summed E-state index contributed by atoms with van der Waals surface area (Å²) in [5, 5.41) is 0. The highest BCUT2D eigenvalue weighted by atomic mass is 32.1. The van der Waals surface area contributed by atoms with Crippen LogP contribution >= 0.6 is 25.0 Å². The molecular formula is C39H76NO4S2+. The van der Waals surface area contributed by atoms with Crippen LogP contribution in [0.2, 0.25) is 0 Å². The molecule has 0 amide bonds. The van der Waals surface area contributed by atoms with Gasteiger partial charge in [-0.25, -0.2) is 3.89 Å². The van der Waals surface area contributed by atoms with E-state index < -0.39 is 11.9 Å². The SMILES string of the molecule is CCCCCCCCCCCC[N+](S)(CCCCCCCCCCCC)C(=S)C(CC(=O)OCCCCC)C(=O)OCCCCC. The fraction of sp³-hybridized carbons (Fsp3) is 0.923. The molecule has 1 atom stereocenters. The number of hydrogen-bond acceptors (Lipinski definition) is 6. The largest absolute Gasteiger partial charge is 0.466 e. The molecule has 272 valence electrons. The molecule has 0 saturated carbocycles. The van der Waals surface area contributed by atoms with Crippen molar-refractivity contribution in [1.82, 2.24) is 0 Å². The first-order chi connectivity index (χ1) is 22.4. The number of quaternary nitrogens is 1. The molecule has 7 heteroatoms. The average Bonchev–Trinajstić information content (AvgIpc) is 3.05. The Kier molecular flexibility index (Phi) is 32.4. The molecule has 0 aromatic carbocycles. The predicted octanol–water partition coefficient (Wildman–Crippen LogP) is 12.3. The van der Waals surface area contributed by atoms with Gasteiger partial charge in [-0.1, -0.05) is 156 Å². The number of carbonyl (C=O) groups excluding carboxylic acids is 2. The predicted molar refractivity (Wildman–Crippen MR) is 204 cm³/mol. The Morgan fingerprint density at radius 2 is 0.848 bits per heavy atom. The van der Waals surface area contributed by atoms with E-state index in [1.165, 1.54) is 103 Å². The second-order valence-corrected chi connectivity index (χ2v) is 14.8. The molecule has 0 N–H and O–H groups in total. The maximum absolute atomic E-state index is 13.4. The molecule has 0 rings (SSSR count). The van der Waals surface area contributed by atoms with Crippen molar-refractivity contribution in [3.8, 4) is 0 Å². The van der Waals surface area contributed by atoms with Gasteiger partial charge >= 0.3 is 11.9 Å². The molecule has 0 aliphatic heterocycles. The number of carbonyl (C=O) groups is 2. The highest BCUT2D eigenvalue weighted by Crippen LogP contribution is 2.27. The van der Waals surface area contributed by atoms with Crippen molar-refractivity contribution in [3.63, 3.8) is 0 Å². The normalized spacial score (nSPS) is 12.3. The van der Waals surface area contributed by atoms with Crippen molar-refractivity contribution in [2.45, 2.75) is 201 Å². The Hall–Kier alpha value is -0.660. The van der Waals surface area contributed by atoms with Crippen molar-refractivity contribution < 1.29 is 23.0 Å². The van der Waals surface area contributed by atoms with Crippen LogP contribution in [0.3, 0.4) is 0 Å². The zero-order valence-electron chi connectivity index (χ0n) is 30.9. The minimum atomic E-state index is -0.806. The summed E-state index contributed by atoms with van der Waals surface area (Å²) in [7, 11) is 0. The van der Waals surface area contributed by atoms with Crippen molar-refractivity contribution >= 4 is 42.0 Å². The monoisotopic (exact) mass is 687 g/mol. The molecule has 0 saturated heterocycles. The van der Waals surface area contributed by atoms with Gasteiger partial charge in [0.15, 0.2) is 5.92 Å². The fourth-order valence-corrected chi connectivity index (χ4v) is 6.79. The van der Waals surface area contributed by atoms with Gasteiger partial charge in [-0.05, 0) is 50.7 Å². The van der Waals surface area contributed by atoms with Gasteiger partial charge in [0.2, 0.25) is 4.99 Å². The molecule has 0 spiro atoms. The Morgan fingerprint density at radius 3 is 1.24 bits per heavy atom. The van der Waals surface area contributed by atoms with Gasteiger partial charge in [0.25, 0.3) is 0 Å². The van der Waals surface area contributed by atoms with Crippen LogP contribution < -0.4 is 0 Å². The van der Waals surface area contributed by atoms with Crippen molar-refractivity contribution in [3.05, 3.63) is 0 Å². The van der Waals surface area contributed by atoms with E-state index in [0.29, 0.717) is 18.2 Å². The molecule has 0 bridgehead atoms. The van der Waals surface area contributed by atoms with Crippen LogP contribution in [0.1, 0.15) is 201 Å². The standard InChI is InChI=1S/C39H76NO4S2/c1-5-9-13-15-17-19-21-23-25-27-31-40(46,32-28-26-24-22-20-18-16-14-10-6-2)38(45)36(39(42)44-34-30-12-8-4)35-37(41)43-33-29-11-7-3/h36,46H,5-35H2,1-4H3/q+1. The van der Waals surface area contributed by atoms with Gasteiger partial charge in [-0.15, -0.1) is 0 Å². The Morgan fingerprint density at radius 1 is 0.522 bits per heavy atom. The summed E-state index contributed by atoms with van der Waals surface area (Å²) in [6.07, 6.45) is 31.1. The summed E-state index contributed by atoms with van der Waals surface area (Å²) in [4.78, 5) is 26.9. The fourth-order valence-electron chi connectivity index (χ4n) is 6.00. The summed E-state index contributed by atoms with van der Waals surface area (Å²) in [5.74, 6) is -1.57. The van der Waals surface area contributed by atoms with Crippen LogP contribution in [0.4, 0.5) is 0 Å². The summed E-state index contributed by atoms with van der Waals surface area (Å²) in [6, 6.07) is 0. The topological polar surface area (TPSA) is 52.6 Å². The lowest BCUT2D eigenvalue weighted by molar-refractivity contribution is -0.696. The lowest BCUT2D eigenvalue weighted by Crippen LogP contribution is -2.50. The number of thiocarbonyl (C=S) groups is 1. The number of thiol groups is 1. The minimum absolute atomic E-state index is 0.0613. The number of nitrogens with zero attached hydrogens (tertiary/aromatic N) is 1. The highest BCUT2D eigenvalue weighted by molar-refractivity contribution is 7.82. The van der Waals surface area contributed by atoms with Crippen molar-refractivity contribution in [2.75, 3.05) is 26.3 Å². The van der Waals surface area contributed by atoms with Crippen molar-refractivity contribution in [1.29, 1.82) is 0 Å². The molecule has 0 aromatic rings. The molecule has 0 fully saturated rings. The van der Waals surface area contributed by atoms with Gasteiger partial charge < -0.3 is 9.47 Å². The third kappa shape index (κ3) is 25.4. The molecular weight excluding hydrogens is 611 g/mol. The van der Waals surface area contributed by atoms with E-state index in [-0.39, 0.29) is 16.3 Å². The summed E-state index contributed by atoms with van der Waals surface area (Å²) < 4.78 is 11.5. The van der Waals surface area contributed by atoms with Crippen LogP contribution in [-0.4, -0.2) is 47.1 Å². The smallest absolute Gasteiger partial charge is 0.320 e. The van der Waals surface area contributed by atoms with Gasteiger partial charge in [-0.3, -0.25) is 9.59 Å². The lowest BCUT2D eigenvalue weighted by atomic mass is 10.0. The van der Waals surface area contributed by atoms with E-state index in [0.717, 1.165) is 77.3 Å². The summed E-state index contributed by atoms with van der Waals surface area (Å²) in [6.45, 7) is 11.1. The number of unbranched alkanes of at least 4 members (excludes halogenated alkanes) is 22. The molecule has 0 heterocycles. The molecule has 46 heavy (non-hydrogen) atoms. The van der Waals surface area contributed by atoms with Crippen LogP contribution in [0.25, 0.3) is 0 Å². The van der Waals surface area contributed by atoms with E-state index in [1.54, 1.807) is 0 Å². The third-order valence-corrected chi connectivity index (χ3v) is 10.5. The van der Waals surface area contributed by atoms with E-state index in [1.807, 2.05) is 0 Å². The van der Waals surface area contributed by atoms with Gasteiger partial charge in [0.05, 0.1) is 45.5 Å². The molecule has 5 nitrogen and oxygen atoms in total. The molecule has 1 unspecified atom stereocenters. The third-order valence-electron chi connectivity index (χ3n) is 9.13. The second kappa shape index (κ2) is 32.9. The molecule has 0 aromatic heterocycles.